The van der Waals surface area contributed by atoms with Crippen LogP contribution in [0.2, 0.25) is 0 Å². The topological polar surface area (TPSA) is 66.2 Å². The number of nitrogens with zero attached hydrogens (tertiary/aromatic N) is 4. The number of aliphatic hydroxyl groups is 1. The van der Waals surface area contributed by atoms with E-state index in [1.165, 1.54) is 18.4 Å². The Morgan fingerprint density at radius 3 is 2.88 bits per heavy atom. The van der Waals surface area contributed by atoms with E-state index in [1.54, 1.807) is 6.20 Å². The first-order valence-electron chi connectivity index (χ1n) is 8.73. The number of β-amino-alcohol motifs (C(OH)–C–C–N with tert-alkyl or cyclic N) is 1. The Bertz CT molecular complexity index is 620. The van der Waals surface area contributed by atoms with Crippen molar-refractivity contribution in [2.75, 3.05) is 32.8 Å². The first kappa shape index (κ1) is 17.1. The molecule has 1 saturated heterocycles. The van der Waals surface area contributed by atoms with Crippen molar-refractivity contribution in [2.45, 2.75) is 19.4 Å². The summed E-state index contributed by atoms with van der Waals surface area (Å²) >= 11 is 0. The molecule has 1 aliphatic heterocycles. The zero-order valence-corrected chi connectivity index (χ0v) is 14.4. The number of hydrogen-bond acceptors (Lipinski definition) is 5. The van der Waals surface area contributed by atoms with Crippen LogP contribution in [-0.4, -0.2) is 57.6 Å². The Balaban J connectivity index is 1.51. The lowest BCUT2D eigenvalue weighted by Gasteiger charge is -2.31. The first-order chi connectivity index (χ1) is 11.8. The second kappa shape index (κ2) is 8.37. The fourth-order valence-corrected chi connectivity index (χ4v) is 3.38. The highest BCUT2D eigenvalue weighted by Crippen LogP contribution is 2.21. The van der Waals surface area contributed by atoms with E-state index < -0.39 is 0 Å². The van der Waals surface area contributed by atoms with E-state index in [1.807, 2.05) is 24.0 Å². The number of piperidine rings is 1. The molecule has 0 unspecified atom stereocenters. The molecule has 2 N–H and O–H groups in total. The van der Waals surface area contributed by atoms with Gasteiger partial charge in [0.1, 0.15) is 0 Å². The third kappa shape index (κ3) is 4.41. The zero-order valence-electron chi connectivity index (χ0n) is 14.4. The molecule has 2 aromatic rings. The van der Waals surface area contributed by atoms with Crippen molar-refractivity contribution >= 4 is 0 Å². The standard InChI is InChI=1S/C18H27N5O/c1-22-14-17(18(21-22)16-3-2-6-19-12-16)13-20-11-15-4-7-23(8-5-15)9-10-24/h2-3,6,12,14-15,20,24H,4-5,7-11,13H2,1H3. The summed E-state index contributed by atoms with van der Waals surface area (Å²) in [5, 5.41) is 17.2. The summed E-state index contributed by atoms with van der Waals surface area (Å²) in [5.74, 6) is 0.721. The molecule has 0 atom stereocenters. The van der Waals surface area contributed by atoms with Crippen LogP contribution in [0.4, 0.5) is 0 Å². The molecule has 0 saturated carbocycles. The van der Waals surface area contributed by atoms with Gasteiger partial charge in [-0.25, -0.2) is 0 Å². The van der Waals surface area contributed by atoms with Gasteiger partial charge in [-0.05, 0) is 50.5 Å². The van der Waals surface area contributed by atoms with Crippen LogP contribution >= 0.6 is 0 Å². The molecule has 0 aliphatic carbocycles. The van der Waals surface area contributed by atoms with E-state index in [4.69, 9.17) is 5.11 Å². The normalized spacial score (nSPS) is 16.6. The van der Waals surface area contributed by atoms with Gasteiger partial charge < -0.3 is 15.3 Å². The lowest BCUT2D eigenvalue weighted by Crippen LogP contribution is -2.38. The van der Waals surface area contributed by atoms with Crippen molar-refractivity contribution in [3.05, 3.63) is 36.3 Å². The molecule has 1 fully saturated rings. The van der Waals surface area contributed by atoms with E-state index >= 15 is 0 Å². The van der Waals surface area contributed by atoms with Crippen molar-refractivity contribution < 1.29 is 5.11 Å². The second-order valence-electron chi connectivity index (χ2n) is 6.56. The number of nitrogens with one attached hydrogen (secondary N) is 1. The maximum Gasteiger partial charge on any atom is 0.0983 e. The maximum absolute atomic E-state index is 9.01. The summed E-state index contributed by atoms with van der Waals surface area (Å²) in [4.78, 5) is 6.54. The SMILES string of the molecule is Cn1cc(CNCC2CCN(CCO)CC2)c(-c2cccnc2)n1. The Hall–Kier alpha value is -1.76. The Kier molecular flexibility index (Phi) is 5.96. The van der Waals surface area contributed by atoms with Crippen LogP contribution in [0.3, 0.4) is 0 Å². The number of hydrogen-bond donors (Lipinski definition) is 2. The van der Waals surface area contributed by atoms with Gasteiger partial charge in [-0.3, -0.25) is 9.67 Å². The number of aryl methyl sites for hydroxylation is 1. The monoisotopic (exact) mass is 329 g/mol. The Labute approximate surface area is 143 Å². The van der Waals surface area contributed by atoms with Gasteiger partial charge in [0, 0.05) is 49.9 Å². The lowest BCUT2D eigenvalue weighted by molar-refractivity contribution is 0.146. The predicted molar refractivity (Wildman–Crippen MR) is 94.4 cm³/mol. The van der Waals surface area contributed by atoms with E-state index in [-0.39, 0.29) is 6.61 Å². The minimum atomic E-state index is 0.265. The van der Waals surface area contributed by atoms with Gasteiger partial charge in [-0.15, -0.1) is 0 Å². The molecule has 2 aromatic heterocycles. The van der Waals surface area contributed by atoms with Crippen molar-refractivity contribution in [3.63, 3.8) is 0 Å². The van der Waals surface area contributed by atoms with E-state index in [2.05, 4.69) is 32.6 Å². The lowest BCUT2D eigenvalue weighted by atomic mass is 9.96. The Morgan fingerprint density at radius 1 is 1.33 bits per heavy atom. The Morgan fingerprint density at radius 2 is 2.17 bits per heavy atom. The van der Waals surface area contributed by atoms with Gasteiger partial charge in [0.25, 0.3) is 0 Å². The molecular formula is C18H27N5O. The van der Waals surface area contributed by atoms with Gasteiger partial charge in [0.2, 0.25) is 0 Å². The molecule has 1 aliphatic rings. The second-order valence-corrected chi connectivity index (χ2v) is 6.56. The molecular weight excluding hydrogens is 302 g/mol. The van der Waals surface area contributed by atoms with Crippen molar-refractivity contribution in [1.82, 2.24) is 25.0 Å². The highest BCUT2D eigenvalue weighted by Gasteiger charge is 2.18. The summed E-state index contributed by atoms with van der Waals surface area (Å²) < 4.78 is 1.87. The number of rotatable bonds is 7. The number of aliphatic hydroxyl groups excluding tert-OH is 1. The third-order valence-corrected chi connectivity index (χ3v) is 4.71. The van der Waals surface area contributed by atoms with E-state index in [0.717, 1.165) is 49.9 Å². The van der Waals surface area contributed by atoms with Crippen LogP contribution in [0.1, 0.15) is 18.4 Å². The van der Waals surface area contributed by atoms with Crippen molar-refractivity contribution in [2.24, 2.45) is 13.0 Å². The smallest absolute Gasteiger partial charge is 0.0983 e. The quantitative estimate of drug-likeness (QED) is 0.801. The molecule has 3 rings (SSSR count). The first-order valence-corrected chi connectivity index (χ1v) is 8.73. The molecule has 130 valence electrons. The minimum absolute atomic E-state index is 0.265. The number of likely N-dealkylation sites (tertiary alicyclic amines) is 1. The zero-order chi connectivity index (χ0) is 16.8. The van der Waals surface area contributed by atoms with Gasteiger partial charge in [-0.1, -0.05) is 0 Å². The molecule has 0 aromatic carbocycles. The van der Waals surface area contributed by atoms with Crippen LogP contribution in [0.25, 0.3) is 11.3 Å². The van der Waals surface area contributed by atoms with Gasteiger partial charge >= 0.3 is 0 Å². The fourth-order valence-electron chi connectivity index (χ4n) is 3.38. The summed E-state index contributed by atoms with van der Waals surface area (Å²) in [6.45, 7) is 5.13. The predicted octanol–water partition coefficient (Wildman–Crippen LogP) is 1.28. The fraction of sp³-hybridized carbons (Fsp3) is 0.556. The average molecular weight is 329 g/mol. The number of pyridine rings is 1. The third-order valence-electron chi connectivity index (χ3n) is 4.71. The van der Waals surface area contributed by atoms with Crippen LogP contribution in [-0.2, 0) is 13.6 Å². The molecule has 0 bridgehead atoms. The summed E-state index contributed by atoms with van der Waals surface area (Å²) in [5.41, 5.74) is 3.28. The van der Waals surface area contributed by atoms with E-state index in [9.17, 15) is 0 Å². The van der Waals surface area contributed by atoms with E-state index in [0.29, 0.717) is 0 Å². The summed E-state index contributed by atoms with van der Waals surface area (Å²) in [7, 11) is 1.96. The van der Waals surface area contributed by atoms with Gasteiger partial charge in [0.15, 0.2) is 0 Å². The van der Waals surface area contributed by atoms with Crippen LogP contribution in [0, 0.1) is 5.92 Å². The molecule has 3 heterocycles. The minimum Gasteiger partial charge on any atom is -0.395 e. The molecule has 6 nitrogen and oxygen atoms in total. The highest BCUT2D eigenvalue weighted by molar-refractivity contribution is 5.61. The van der Waals surface area contributed by atoms with Crippen LogP contribution in [0.15, 0.2) is 30.7 Å². The molecule has 0 amide bonds. The number of aromatic nitrogens is 3. The average Bonchev–Trinajstić information content (AvgIpc) is 2.98. The van der Waals surface area contributed by atoms with Gasteiger partial charge in [-0.2, -0.15) is 5.10 Å². The molecule has 0 spiro atoms. The van der Waals surface area contributed by atoms with Gasteiger partial charge in [0.05, 0.1) is 12.3 Å². The van der Waals surface area contributed by atoms with Crippen molar-refractivity contribution in [3.8, 4) is 11.3 Å². The van der Waals surface area contributed by atoms with Crippen molar-refractivity contribution in [1.29, 1.82) is 0 Å². The van der Waals surface area contributed by atoms with Crippen LogP contribution < -0.4 is 5.32 Å². The molecule has 6 heteroatoms. The van der Waals surface area contributed by atoms with Crippen LogP contribution in [0.5, 0.6) is 0 Å². The largest absolute Gasteiger partial charge is 0.395 e. The summed E-state index contributed by atoms with van der Waals surface area (Å²) in [6, 6.07) is 4.00. The highest BCUT2D eigenvalue weighted by atomic mass is 16.3. The molecule has 24 heavy (non-hydrogen) atoms. The maximum atomic E-state index is 9.01. The summed E-state index contributed by atoms with van der Waals surface area (Å²) in [6.07, 6.45) is 8.14. The molecule has 0 radical (unpaired) electrons.